The molecule has 1 aromatic carbocycles. The fourth-order valence-electron chi connectivity index (χ4n) is 3.27. The van der Waals surface area contributed by atoms with Gasteiger partial charge in [-0.05, 0) is 31.0 Å². The van der Waals surface area contributed by atoms with Gasteiger partial charge in [-0.25, -0.2) is 0 Å². The van der Waals surface area contributed by atoms with Crippen LogP contribution in [0.15, 0.2) is 24.3 Å². The van der Waals surface area contributed by atoms with Crippen LogP contribution in [0.25, 0.3) is 0 Å². The molecule has 1 fully saturated rings. The zero-order valence-electron chi connectivity index (χ0n) is 11.9. The first-order valence-corrected chi connectivity index (χ1v) is 7.66. The van der Waals surface area contributed by atoms with E-state index in [4.69, 9.17) is 4.74 Å². The van der Waals surface area contributed by atoms with E-state index in [2.05, 4.69) is 22.3 Å². The van der Waals surface area contributed by atoms with Crippen LogP contribution in [0, 0.1) is 0 Å². The highest BCUT2D eigenvalue weighted by molar-refractivity contribution is 5.37. The van der Waals surface area contributed by atoms with Crippen LogP contribution in [0.2, 0.25) is 0 Å². The Balaban J connectivity index is 1.54. The molecule has 0 radical (unpaired) electrons. The molecule has 2 aliphatic heterocycles. The number of para-hydroxylation sites is 1. The van der Waals surface area contributed by atoms with E-state index >= 15 is 0 Å². The van der Waals surface area contributed by atoms with E-state index in [9.17, 15) is 5.11 Å². The van der Waals surface area contributed by atoms with E-state index < -0.39 is 0 Å². The van der Waals surface area contributed by atoms with E-state index in [0.29, 0.717) is 6.04 Å². The standard InChI is InChI=1S/C16H24N2O2/c19-9-8-18(11-14-5-3-7-17-14)12-15-10-13-4-1-2-6-16(13)20-15/h1-2,4,6,14-15,17,19H,3,5,7-12H2. The summed E-state index contributed by atoms with van der Waals surface area (Å²) < 4.78 is 6.00. The van der Waals surface area contributed by atoms with Crippen LogP contribution in [0.3, 0.4) is 0 Å². The van der Waals surface area contributed by atoms with Crippen molar-refractivity contribution >= 4 is 0 Å². The number of ether oxygens (including phenoxy) is 1. The van der Waals surface area contributed by atoms with Crippen molar-refractivity contribution in [3.05, 3.63) is 29.8 Å². The first-order valence-electron chi connectivity index (χ1n) is 7.66. The molecule has 0 aliphatic carbocycles. The minimum atomic E-state index is 0.215. The molecule has 110 valence electrons. The van der Waals surface area contributed by atoms with E-state index in [1.165, 1.54) is 18.4 Å². The number of rotatable bonds is 6. The topological polar surface area (TPSA) is 44.7 Å². The number of hydrogen-bond acceptors (Lipinski definition) is 4. The van der Waals surface area contributed by atoms with E-state index in [0.717, 1.165) is 38.3 Å². The third-order valence-electron chi connectivity index (χ3n) is 4.23. The molecular formula is C16H24N2O2. The maximum atomic E-state index is 9.26. The van der Waals surface area contributed by atoms with Crippen molar-refractivity contribution in [3.63, 3.8) is 0 Å². The molecular weight excluding hydrogens is 252 g/mol. The average Bonchev–Trinajstić information content (AvgIpc) is 3.07. The van der Waals surface area contributed by atoms with Crippen LogP contribution in [0.4, 0.5) is 0 Å². The second-order valence-electron chi connectivity index (χ2n) is 5.83. The van der Waals surface area contributed by atoms with Gasteiger partial charge in [0.25, 0.3) is 0 Å². The Morgan fingerprint density at radius 2 is 2.20 bits per heavy atom. The van der Waals surface area contributed by atoms with Gasteiger partial charge in [0.2, 0.25) is 0 Å². The highest BCUT2D eigenvalue weighted by Gasteiger charge is 2.26. The molecule has 2 unspecified atom stereocenters. The molecule has 2 aliphatic rings. The van der Waals surface area contributed by atoms with Crippen LogP contribution >= 0.6 is 0 Å². The Kier molecular flexibility index (Phi) is 4.55. The monoisotopic (exact) mass is 276 g/mol. The summed E-state index contributed by atoms with van der Waals surface area (Å²) in [5.41, 5.74) is 1.31. The van der Waals surface area contributed by atoms with Crippen molar-refractivity contribution in [2.45, 2.75) is 31.4 Å². The van der Waals surface area contributed by atoms with Gasteiger partial charge in [-0.1, -0.05) is 18.2 Å². The minimum absolute atomic E-state index is 0.215. The number of hydrogen-bond donors (Lipinski definition) is 2. The number of benzene rings is 1. The third-order valence-corrected chi connectivity index (χ3v) is 4.23. The summed E-state index contributed by atoms with van der Waals surface area (Å²) in [5, 5.41) is 12.8. The summed E-state index contributed by atoms with van der Waals surface area (Å²) >= 11 is 0. The van der Waals surface area contributed by atoms with E-state index in [1.807, 2.05) is 12.1 Å². The maximum absolute atomic E-state index is 9.26. The van der Waals surface area contributed by atoms with Gasteiger partial charge in [-0.3, -0.25) is 4.90 Å². The predicted molar refractivity (Wildman–Crippen MR) is 79.1 cm³/mol. The van der Waals surface area contributed by atoms with Crippen LogP contribution in [-0.2, 0) is 6.42 Å². The summed E-state index contributed by atoms with van der Waals surface area (Å²) in [6.45, 7) is 3.98. The summed E-state index contributed by atoms with van der Waals surface area (Å²) in [4.78, 5) is 2.33. The van der Waals surface area contributed by atoms with Gasteiger partial charge in [-0.2, -0.15) is 0 Å². The lowest BCUT2D eigenvalue weighted by Crippen LogP contribution is -2.43. The molecule has 20 heavy (non-hydrogen) atoms. The molecule has 1 aromatic rings. The van der Waals surface area contributed by atoms with Gasteiger partial charge >= 0.3 is 0 Å². The molecule has 3 rings (SSSR count). The Labute approximate surface area is 120 Å². The van der Waals surface area contributed by atoms with E-state index in [-0.39, 0.29) is 12.7 Å². The molecule has 0 aromatic heterocycles. The minimum Gasteiger partial charge on any atom is -0.488 e. The summed E-state index contributed by atoms with van der Waals surface area (Å²) in [6.07, 6.45) is 3.72. The summed E-state index contributed by atoms with van der Waals surface area (Å²) in [7, 11) is 0. The maximum Gasteiger partial charge on any atom is 0.123 e. The molecule has 2 heterocycles. The third kappa shape index (κ3) is 3.32. The molecule has 0 amide bonds. The number of fused-ring (bicyclic) bond motifs is 1. The molecule has 0 spiro atoms. The van der Waals surface area contributed by atoms with Crippen LogP contribution in [-0.4, -0.2) is 54.9 Å². The second-order valence-corrected chi connectivity index (χ2v) is 5.83. The Hall–Kier alpha value is -1.10. The van der Waals surface area contributed by atoms with Gasteiger partial charge in [0.15, 0.2) is 0 Å². The van der Waals surface area contributed by atoms with Gasteiger partial charge in [-0.15, -0.1) is 0 Å². The zero-order valence-corrected chi connectivity index (χ0v) is 11.9. The lowest BCUT2D eigenvalue weighted by molar-refractivity contribution is 0.122. The van der Waals surface area contributed by atoms with Gasteiger partial charge in [0.05, 0.1) is 6.61 Å². The number of nitrogens with zero attached hydrogens (tertiary/aromatic N) is 1. The second kappa shape index (κ2) is 6.57. The fraction of sp³-hybridized carbons (Fsp3) is 0.625. The van der Waals surface area contributed by atoms with Crippen LogP contribution in [0.5, 0.6) is 5.75 Å². The molecule has 1 saturated heterocycles. The summed E-state index contributed by atoms with van der Waals surface area (Å²) in [5.74, 6) is 1.03. The number of aliphatic hydroxyl groups is 1. The Morgan fingerprint density at radius 3 is 2.95 bits per heavy atom. The molecule has 4 heteroatoms. The fourth-order valence-corrected chi connectivity index (χ4v) is 3.27. The average molecular weight is 276 g/mol. The SMILES string of the molecule is OCCN(CC1CCCN1)CC1Cc2ccccc2O1. The normalized spacial score (nSPS) is 24.9. The van der Waals surface area contributed by atoms with Crippen molar-refractivity contribution in [1.29, 1.82) is 0 Å². The van der Waals surface area contributed by atoms with Crippen molar-refractivity contribution in [3.8, 4) is 5.75 Å². The Morgan fingerprint density at radius 1 is 1.30 bits per heavy atom. The van der Waals surface area contributed by atoms with Gasteiger partial charge < -0.3 is 15.2 Å². The summed E-state index contributed by atoms with van der Waals surface area (Å²) in [6, 6.07) is 8.85. The highest BCUT2D eigenvalue weighted by Crippen LogP contribution is 2.28. The smallest absolute Gasteiger partial charge is 0.123 e. The van der Waals surface area contributed by atoms with Crippen LogP contribution in [0.1, 0.15) is 18.4 Å². The number of aliphatic hydroxyl groups excluding tert-OH is 1. The largest absolute Gasteiger partial charge is 0.488 e. The lowest BCUT2D eigenvalue weighted by atomic mass is 10.1. The molecule has 0 saturated carbocycles. The van der Waals surface area contributed by atoms with Crippen molar-refractivity contribution in [2.75, 3.05) is 32.8 Å². The van der Waals surface area contributed by atoms with Crippen molar-refractivity contribution < 1.29 is 9.84 Å². The first kappa shape index (κ1) is 13.9. The predicted octanol–water partition coefficient (Wildman–Crippen LogP) is 1.04. The quantitative estimate of drug-likeness (QED) is 0.815. The van der Waals surface area contributed by atoms with E-state index in [1.54, 1.807) is 0 Å². The first-order chi connectivity index (χ1) is 9.85. The molecule has 2 atom stereocenters. The van der Waals surface area contributed by atoms with Gasteiger partial charge in [0, 0.05) is 32.1 Å². The number of nitrogens with one attached hydrogen (secondary N) is 1. The molecule has 4 nitrogen and oxygen atoms in total. The van der Waals surface area contributed by atoms with Crippen molar-refractivity contribution in [2.24, 2.45) is 0 Å². The Bertz CT molecular complexity index is 407. The van der Waals surface area contributed by atoms with Crippen molar-refractivity contribution in [1.82, 2.24) is 10.2 Å². The van der Waals surface area contributed by atoms with Crippen LogP contribution < -0.4 is 10.1 Å². The van der Waals surface area contributed by atoms with Gasteiger partial charge in [0.1, 0.15) is 11.9 Å². The molecule has 2 N–H and O–H groups in total. The molecule has 0 bridgehead atoms. The lowest BCUT2D eigenvalue weighted by Gasteiger charge is -2.27. The zero-order chi connectivity index (χ0) is 13.8. The highest BCUT2D eigenvalue weighted by atomic mass is 16.5.